The molecule has 1 saturated heterocycles. The molecule has 32 heavy (non-hydrogen) atoms. The Morgan fingerprint density at radius 3 is 1.75 bits per heavy atom. The van der Waals surface area contributed by atoms with E-state index in [-0.39, 0.29) is 12.7 Å². The maximum Gasteiger partial charge on any atom is 0.115 e. The largest absolute Gasteiger partial charge is 0.387 e. The summed E-state index contributed by atoms with van der Waals surface area (Å²) in [7, 11) is 0. The molecule has 0 spiro atoms. The zero-order chi connectivity index (χ0) is 22.0. The standard InChI is InChI=1S/C27H30O5/c28-26-24(19-29-16-21-10-4-1-5-11-21)31-20-25(30-17-22-12-6-2-7-13-22)27(26)32-18-23-14-8-3-9-15-23/h1-15,24-28H,16-20H2/t24-,25-,26-,27-/m1/s1. The van der Waals surface area contributed by atoms with E-state index in [9.17, 15) is 5.11 Å². The molecule has 5 heteroatoms. The molecule has 1 aliphatic heterocycles. The number of aliphatic hydroxyl groups excluding tert-OH is 1. The molecule has 0 radical (unpaired) electrons. The average molecular weight is 435 g/mol. The van der Waals surface area contributed by atoms with E-state index < -0.39 is 18.3 Å². The minimum absolute atomic E-state index is 0.284. The van der Waals surface area contributed by atoms with E-state index in [2.05, 4.69) is 0 Å². The second kappa shape index (κ2) is 11.9. The Bertz CT molecular complexity index is 903. The lowest BCUT2D eigenvalue weighted by Crippen LogP contribution is -2.56. The lowest BCUT2D eigenvalue weighted by atomic mass is 9.99. The zero-order valence-corrected chi connectivity index (χ0v) is 18.1. The Kier molecular flexibility index (Phi) is 8.42. The van der Waals surface area contributed by atoms with Crippen molar-refractivity contribution in [1.82, 2.24) is 0 Å². The van der Waals surface area contributed by atoms with Gasteiger partial charge in [0, 0.05) is 0 Å². The molecule has 1 fully saturated rings. The molecule has 0 aliphatic carbocycles. The van der Waals surface area contributed by atoms with Crippen LogP contribution in [0.4, 0.5) is 0 Å². The van der Waals surface area contributed by atoms with Crippen molar-refractivity contribution in [2.45, 2.75) is 44.2 Å². The number of aliphatic hydroxyl groups is 1. The minimum Gasteiger partial charge on any atom is -0.387 e. The second-order valence-corrected chi connectivity index (χ2v) is 7.96. The fourth-order valence-corrected chi connectivity index (χ4v) is 3.75. The number of rotatable bonds is 10. The predicted molar refractivity (Wildman–Crippen MR) is 122 cm³/mol. The van der Waals surface area contributed by atoms with E-state index in [1.807, 2.05) is 91.0 Å². The molecule has 0 amide bonds. The van der Waals surface area contributed by atoms with Crippen molar-refractivity contribution in [2.24, 2.45) is 0 Å². The summed E-state index contributed by atoms with van der Waals surface area (Å²) in [5.41, 5.74) is 3.20. The van der Waals surface area contributed by atoms with Gasteiger partial charge in [-0.2, -0.15) is 0 Å². The van der Waals surface area contributed by atoms with Gasteiger partial charge in [0.2, 0.25) is 0 Å². The Balaban J connectivity index is 1.36. The summed E-state index contributed by atoms with van der Waals surface area (Å²) < 4.78 is 24.0. The van der Waals surface area contributed by atoms with E-state index in [0.29, 0.717) is 26.4 Å². The fraction of sp³-hybridized carbons (Fsp3) is 0.333. The van der Waals surface area contributed by atoms with Gasteiger partial charge in [-0.3, -0.25) is 0 Å². The van der Waals surface area contributed by atoms with E-state index >= 15 is 0 Å². The third-order valence-electron chi connectivity index (χ3n) is 5.54. The third-order valence-corrected chi connectivity index (χ3v) is 5.54. The van der Waals surface area contributed by atoms with Crippen LogP contribution in [0.3, 0.4) is 0 Å². The summed E-state index contributed by atoms with van der Waals surface area (Å²) in [6, 6.07) is 29.9. The molecule has 168 valence electrons. The summed E-state index contributed by atoms with van der Waals surface area (Å²) in [5, 5.41) is 11.1. The van der Waals surface area contributed by atoms with Crippen molar-refractivity contribution in [3.8, 4) is 0 Å². The average Bonchev–Trinajstić information content (AvgIpc) is 2.85. The van der Waals surface area contributed by atoms with Crippen LogP contribution < -0.4 is 0 Å². The fourth-order valence-electron chi connectivity index (χ4n) is 3.75. The van der Waals surface area contributed by atoms with Crippen LogP contribution in [0, 0.1) is 0 Å². The van der Waals surface area contributed by atoms with Gasteiger partial charge >= 0.3 is 0 Å². The van der Waals surface area contributed by atoms with Crippen LogP contribution >= 0.6 is 0 Å². The maximum absolute atomic E-state index is 11.1. The van der Waals surface area contributed by atoms with Gasteiger partial charge in [0.1, 0.15) is 24.4 Å². The Morgan fingerprint density at radius 1 is 0.688 bits per heavy atom. The van der Waals surface area contributed by atoms with Crippen LogP contribution in [0.15, 0.2) is 91.0 Å². The van der Waals surface area contributed by atoms with Crippen molar-refractivity contribution in [2.75, 3.05) is 13.2 Å². The van der Waals surface area contributed by atoms with Gasteiger partial charge in [-0.15, -0.1) is 0 Å². The summed E-state index contributed by atoms with van der Waals surface area (Å²) in [6.45, 7) is 1.92. The summed E-state index contributed by atoms with van der Waals surface area (Å²) in [4.78, 5) is 0. The molecule has 3 aromatic rings. The highest BCUT2D eigenvalue weighted by molar-refractivity contribution is 5.15. The molecular formula is C27H30O5. The third kappa shape index (κ3) is 6.48. The molecule has 0 unspecified atom stereocenters. The lowest BCUT2D eigenvalue weighted by molar-refractivity contribution is -0.231. The van der Waals surface area contributed by atoms with Gasteiger partial charge in [0.15, 0.2) is 0 Å². The minimum atomic E-state index is -0.857. The van der Waals surface area contributed by atoms with E-state index in [4.69, 9.17) is 18.9 Å². The van der Waals surface area contributed by atoms with Crippen molar-refractivity contribution in [3.63, 3.8) is 0 Å². The van der Waals surface area contributed by atoms with E-state index in [1.165, 1.54) is 0 Å². The summed E-state index contributed by atoms with van der Waals surface area (Å²) in [5.74, 6) is 0. The summed E-state index contributed by atoms with van der Waals surface area (Å²) in [6.07, 6.45) is -2.22. The Hall–Kier alpha value is -2.54. The van der Waals surface area contributed by atoms with Crippen LogP contribution in [0.1, 0.15) is 16.7 Å². The highest BCUT2D eigenvalue weighted by atomic mass is 16.6. The van der Waals surface area contributed by atoms with Crippen LogP contribution in [0.25, 0.3) is 0 Å². The number of benzene rings is 3. The highest BCUT2D eigenvalue weighted by Gasteiger charge is 2.41. The molecule has 0 saturated carbocycles. The number of hydrogen-bond donors (Lipinski definition) is 1. The lowest BCUT2D eigenvalue weighted by Gasteiger charge is -2.39. The molecule has 1 heterocycles. The first-order valence-corrected chi connectivity index (χ1v) is 11.0. The molecule has 3 aromatic carbocycles. The van der Waals surface area contributed by atoms with Gasteiger partial charge in [0.25, 0.3) is 0 Å². The quantitative estimate of drug-likeness (QED) is 0.520. The van der Waals surface area contributed by atoms with E-state index in [0.717, 1.165) is 16.7 Å². The smallest absolute Gasteiger partial charge is 0.115 e. The topological polar surface area (TPSA) is 57.2 Å². The SMILES string of the molecule is O[C@H]1[C@H](OCc2ccccc2)[C@H](OCc2ccccc2)CO[C@@H]1COCc1ccccc1. The first-order valence-electron chi connectivity index (χ1n) is 11.0. The molecule has 0 bridgehead atoms. The monoisotopic (exact) mass is 434 g/mol. The van der Waals surface area contributed by atoms with Crippen LogP contribution in [-0.4, -0.2) is 42.7 Å². The molecule has 5 nitrogen and oxygen atoms in total. The van der Waals surface area contributed by atoms with Crippen LogP contribution in [-0.2, 0) is 38.8 Å². The second-order valence-electron chi connectivity index (χ2n) is 7.96. The van der Waals surface area contributed by atoms with Gasteiger partial charge in [-0.25, -0.2) is 0 Å². The molecule has 1 aliphatic rings. The molecule has 4 atom stereocenters. The van der Waals surface area contributed by atoms with Crippen molar-refractivity contribution in [1.29, 1.82) is 0 Å². The van der Waals surface area contributed by atoms with E-state index in [1.54, 1.807) is 0 Å². The molecule has 1 N–H and O–H groups in total. The first-order chi connectivity index (χ1) is 15.8. The van der Waals surface area contributed by atoms with Gasteiger partial charge in [0.05, 0.1) is 33.0 Å². The molecule has 4 rings (SSSR count). The number of hydrogen-bond acceptors (Lipinski definition) is 5. The highest BCUT2D eigenvalue weighted by Crippen LogP contribution is 2.24. The van der Waals surface area contributed by atoms with Gasteiger partial charge in [-0.05, 0) is 16.7 Å². The Morgan fingerprint density at radius 2 is 1.19 bits per heavy atom. The Labute approximate surface area is 189 Å². The van der Waals surface area contributed by atoms with Gasteiger partial charge < -0.3 is 24.1 Å². The van der Waals surface area contributed by atoms with Crippen molar-refractivity contribution < 1.29 is 24.1 Å². The maximum atomic E-state index is 11.1. The van der Waals surface area contributed by atoms with Crippen molar-refractivity contribution >= 4 is 0 Å². The predicted octanol–water partition coefficient (Wildman–Crippen LogP) is 4.13. The zero-order valence-electron chi connectivity index (χ0n) is 18.1. The van der Waals surface area contributed by atoms with Gasteiger partial charge in [-0.1, -0.05) is 91.0 Å². The normalized spacial score (nSPS) is 23.2. The molecule has 0 aromatic heterocycles. The first kappa shape index (κ1) is 22.6. The molecular weight excluding hydrogens is 404 g/mol. The van der Waals surface area contributed by atoms with Crippen LogP contribution in [0.5, 0.6) is 0 Å². The summed E-state index contributed by atoms with van der Waals surface area (Å²) >= 11 is 0. The number of ether oxygens (including phenoxy) is 4. The van der Waals surface area contributed by atoms with Crippen molar-refractivity contribution in [3.05, 3.63) is 108 Å². The van der Waals surface area contributed by atoms with Crippen LogP contribution in [0.2, 0.25) is 0 Å².